The van der Waals surface area contributed by atoms with E-state index in [1.807, 2.05) is 0 Å². The van der Waals surface area contributed by atoms with Gasteiger partial charge < -0.3 is 27.6 Å². The maximum Gasteiger partial charge on any atom is 1.00 e. The fourth-order valence-corrected chi connectivity index (χ4v) is 4.76. The van der Waals surface area contributed by atoms with Crippen LogP contribution in [0, 0.1) is 19.8 Å². The van der Waals surface area contributed by atoms with E-state index in [1.165, 1.54) is 0 Å². The molecule has 2 aliphatic rings. The number of rotatable bonds is 1. The normalized spacial score (nSPS) is 25.2. The minimum atomic E-state index is -2.64. The van der Waals surface area contributed by atoms with Crippen molar-refractivity contribution in [2.45, 2.75) is 38.8 Å². The summed E-state index contributed by atoms with van der Waals surface area (Å²) in [5, 5.41) is 43.9. The van der Waals surface area contributed by atoms with Crippen LogP contribution in [0.2, 0.25) is 0 Å². The van der Waals surface area contributed by atoms with Gasteiger partial charge in [0.25, 0.3) is 0 Å². The molecule has 0 bridgehead atoms. The molecule has 9 heteroatoms. The summed E-state index contributed by atoms with van der Waals surface area (Å²) >= 11 is 0. The Hall–Kier alpha value is -2.23. The molecule has 3 atom stereocenters. The van der Waals surface area contributed by atoms with E-state index in [4.69, 9.17) is 5.73 Å². The first-order valence-electron chi connectivity index (χ1n) is 9.42. The number of aromatic hydroxyl groups is 2. The van der Waals surface area contributed by atoms with Crippen molar-refractivity contribution >= 4 is 28.1 Å². The van der Waals surface area contributed by atoms with Crippen molar-refractivity contribution in [3.63, 3.8) is 0 Å². The van der Waals surface area contributed by atoms with E-state index in [0.717, 1.165) is 6.92 Å². The largest absolute Gasteiger partial charge is 1.00 e. The van der Waals surface area contributed by atoms with Gasteiger partial charge in [-0.05, 0) is 49.3 Å². The molecule has 0 aliphatic heterocycles. The van der Waals surface area contributed by atoms with Crippen molar-refractivity contribution in [1.82, 2.24) is 0 Å². The molecule has 2 aliphatic carbocycles. The molecule has 0 amide bonds. The van der Waals surface area contributed by atoms with E-state index in [2.05, 4.69) is 0 Å². The number of hydrogen-bond acceptors (Lipinski definition) is 8. The van der Waals surface area contributed by atoms with E-state index in [9.17, 15) is 34.8 Å². The minimum Gasteiger partial charge on any atom is -1.00 e. The van der Waals surface area contributed by atoms with Gasteiger partial charge >= 0.3 is 29.6 Å². The molecule has 2 aromatic carbocycles. The van der Waals surface area contributed by atoms with Gasteiger partial charge in [-0.25, -0.2) is 0 Å². The minimum absolute atomic E-state index is 0. The fraction of sp³-hybridized carbons (Fsp3) is 0.318. The molecule has 0 fully saturated rings. The average Bonchev–Trinajstić information content (AvgIpc) is 2.68. The Kier molecular flexibility index (Phi) is 5.61. The number of carbonyl (C=O) groups excluding carboxylic acids is 3. The number of phenolic OH excluding ortho intramolecular Hbond substituents is 2. The van der Waals surface area contributed by atoms with E-state index in [0.29, 0.717) is 22.1 Å². The Morgan fingerprint density at radius 3 is 2.35 bits per heavy atom. The number of ketones is 3. The first kappa shape index (κ1) is 23.4. The van der Waals surface area contributed by atoms with Crippen molar-refractivity contribution in [2.75, 3.05) is 0 Å². The molecule has 0 saturated carbocycles. The molecule has 158 valence electrons. The molecule has 4 rings (SSSR count). The third kappa shape index (κ3) is 2.83. The van der Waals surface area contributed by atoms with Crippen LogP contribution in [0.4, 0.5) is 0 Å². The van der Waals surface area contributed by atoms with Crippen molar-refractivity contribution < 1.29 is 65.8 Å². The summed E-state index contributed by atoms with van der Waals surface area (Å²) in [4.78, 5) is 37.9. The Balaban J connectivity index is 0.00000181. The number of aryl methyl sites for hydroxylation is 2. The summed E-state index contributed by atoms with van der Waals surface area (Å²) in [6.07, 6.45) is -0.0936. The monoisotopic (exact) mass is 435 g/mol. The third-order valence-electron chi connectivity index (χ3n) is 6.48. The van der Waals surface area contributed by atoms with Gasteiger partial charge in [0, 0.05) is 5.92 Å². The topological polar surface area (TPSA) is 158 Å². The summed E-state index contributed by atoms with van der Waals surface area (Å²) in [6.45, 7) is 4.35. The van der Waals surface area contributed by atoms with Gasteiger partial charge in [0.1, 0.15) is 22.8 Å². The van der Waals surface area contributed by atoms with Gasteiger partial charge in [-0.2, -0.15) is 0 Å². The molecule has 0 heterocycles. The summed E-state index contributed by atoms with van der Waals surface area (Å²) in [5.41, 5.74) is 3.80. The molecule has 0 radical (unpaired) electrons. The summed E-state index contributed by atoms with van der Waals surface area (Å²) in [5.74, 6) is -5.76. The fourth-order valence-electron chi connectivity index (χ4n) is 4.76. The predicted octanol–water partition coefficient (Wildman–Crippen LogP) is -1.62. The van der Waals surface area contributed by atoms with Crippen LogP contribution in [0.25, 0.3) is 10.8 Å². The van der Waals surface area contributed by atoms with Gasteiger partial charge in [-0.3, -0.25) is 14.4 Å². The van der Waals surface area contributed by atoms with Crippen LogP contribution in [-0.2, 0) is 16.0 Å². The second kappa shape index (κ2) is 7.43. The molecule has 0 unspecified atom stereocenters. The smallest absolute Gasteiger partial charge is 1.00 e. The van der Waals surface area contributed by atoms with Crippen molar-refractivity contribution in [2.24, 2.45) is 11.7 Å². The van der Waals surface area contributed by atoms with Crippen LogP contribution in [-0.4, -0.2) is 49.4 Å². The maximum atomic E-state index is 13.5. The number of hydrogen-bond donors (Lipinski definition) is 5. The second-order valence-corrected chi connectivity index (χ2v) is 8.06. The van der Waals surface area contributed by atoms with Crippen molar-refractivity contribution in [1.29, 1.82) is 0 Å². The molecular formula is C22H22NNaO7. The zero-order chi connectivity index (χ0) is 22.3. The number of aliphatic hydroxyl groups is 2. The molecule has 0 saturated heterocycles. The first-order valence-corrected chi connectivity index (χ1v) is 9.42. The van der Waals surface area contributed by atoms with E-state index in [-0.39, 0.29) is 54.1 Å². The SMILES string of the molecule is CC(=O)C1=C(O)[C@@]2(O)C(=O)c3c(c(C)c4ccc(C)c(O)c4c3O)C[C@H]2[C@@H](N)C1=O.[H-].[Na+]. The van der Waals surface area contributed by atoms with Gasteiger partial charge in [0.15, 0.2) is 17.2 Å². The van der Waals surface area contributed by atoms with Crippen LogP contribution < -0.4 is 35.3 Å². The van der Waals surface area contributed by atoms with Crippen LogP contribution in [0.15, 0.2) is 23.5 Å². The first-order chi connectivity index (χ1) is 13.9. The molecule has 31 heavy (non-hydrogen) atoms. The molecule has 0 aromatic heterocycles. The van der Waals surface area contributed by atoms with E-state index in [1.54, 1.807) is 26.0 Å². The second-order valence-electron chi connectivity index (χ2n) is 8.06. The van der Waals surface area contributed by atoms with Crippen LogP contribution in [0.1, 0.15) is 35.4 Å². The van der Waals surface area contributed by atoms with E-state index >= 15 is 0 Å². The molecule has 2 aromatic rings. The Labute approximate surface area is 201 Å². The number of nitrogens with two attached hydrogens (primary N) is 1. The third-order valence-corrected chi connectivity index (χ3v) is 6.48. The molecular weight excluding hydrogens is 413 g/mol. The zero-order valence-corrected chi connectivity index (χ0v) is 19.6. The quantitative estimate of drug-likeness (QED) is 0.264. The average molecular weight is 435 g/mol. The molecule has 8 nitrogen and oxygen atoms in total. The van der Waals surface area contributed by atoms with Gasteiger partial charge in [0.2, 0.25) is 5.78 Å². The maximum absolute atomic E-state index is 13.5. The summed E-state index contributed by atoms with van der Waals surface area (Å²) in [6, 6.07) is 1.97. The van der Waals surface area contributed by atoms with Gasteiger partial charge in [0.05, 0.1) is 17.0 Å². The van der Waals surface area contributed by atoms with Crippen LogP contribution in [0.3, 0.4) is 0 Å². The number of benzene rings is 2. The van der Waals surface area contributed by atoms with Crippen LogP contribution in [0.5, 0.6) is 11.5 Å². The number of fused-ring (bicyclic) bond motifs is 3. The Morgan fingerprint density at radius 1 is 1.16 bits per heavy atom. The standard InChI is InChI=1S/C22H21NO7.Na.H/c1-7-4-5-10-8(2)11-6-12-16(23)19(27)13(9(3)24)20(28)22(12,30)21(29)15(11)18(26)14(10)17(7)25;;/h4-5,12,16,25-26,28,30H,6,23H2,1-3H3;;/q;+1;-1/t12-,16+,22+;;/m0../s1. The van der Waals surface area contributed by atoms with E-state index < -0.39 is 52.0 Å². The summed E-state index contributed by atoms with van der Waals surface area (Å²) < 4.78 is 0. The molecule has 0 spiro atoms. The number of phenols is 2. The Morgan fingerprint density at radius 2 is 1.77 bits per heavy atom. The number of aliphatic hydroxyl groups excluding tert-OH is 1. The predicted molar refractivity (Wildman–Crippen MR) is 108 cm³/mol. The van der Waals surface area contributed by atoms with Gasteiger partial charge in [-0.15, -0.1) is 0 Å². The van der Waals surface area contributed by atoms with Crippen LogP contribution >= 0.6 is 0 Å². The van der Waals surface area contributed by atoms with Crippen molar-refractivity contribution in [3.05, 3.63) is 45.7 Å². The van der Waals surface area contributed by atoms with Gasteiger partial charge in [-0.1, -0.05) is 12.1 Å². The van der Waals surface area contributed by atoms with Crippen molar-refractivity contribution in [3.8, 4) is 11.5 Å². The molecule has 6 N–H and O–H groups in total. The summed E-state index contributed by atoms with van der Waals surface area (Å²) in [7, 11) is 0. The number of carbonyl (C=O) groups is 3. The number of Topliss-reactive ketones (excluding diaryl/α,β-unsaturated/α-hetero) is 3. The zero-order valence-electron chi connectivity index (χ0n) is 18.6. The Bertz CT molecular complexity index is 1240.